The van der Waals surface area contributed by atoms with Gasteiger partial charge in [0.1, 0.15) is 0 Å². The summed E-state index contributed by atoms with van der Waals surface area (Å²) in [6, 6.07) is 2.35. The summed E-state index contributed by atoms with van der Waals surface area (Å²) in [4.78, 5) is 25.8. The lowest BCUT2D eigenvalue weighted by molar-refractivity contribution is -0.139. The standard InChI is InChI=1S/C17H26N4OS/c1-13-6-8-18-17(19-13)20-10-7-15-14(12-20)4-5-16(22)21(15)9-3-11-23-2/h6,8,14-15H,3-5,7,9-12H2,1-2H3/t14-,15+/m0/s1. The van der Waals surface area contributed by atoms with E-state index in [-0.39, 0.29) is 0 Å². The minimum atomic E-state index is 0.354. The van der Waals surface area contributed by atoms with Crippen molar-refractivity contribution in [1.29, 1.82) is 0 Å². The van der Waals surface area contributed by atoms with Gasteiger partial charge in [-0.1, -0.05) is 0 Å². The number of rotatable bonds is 5. The number of thioether (sulfide) groups is 1. The monoisotopic (exact) mass is 334 g/mol. The highest BCUT2D eigenvalue weighted by atomic mass is 32.2. The molecule has 0 aromatic carbocycles. The maximum atomic E-state index is 12.3. The van der Waals surface area contributed by atoms with Crippen LogP contribution < -0.4 is 4.90 Å². The molecule has 2 fully saturated rings. The van der Waals surface area contributed by atoms with Gasteiger partial charge in [-0.3, -0.25) is 4.79 Å². The Hall–Kier alpha value is -1.30. The molecular formula is C17H26N4OS. The van der Waals surface area contributed by atoms with Crippen LogP contribution in [0.4, 0.5) is 5.95 Å². The fourth-order valence-electron chi connectivity index (χ4n) is 3.79. The number of hydrogen-bond donors (Lipinski definition) is 0. The molecule has 6 heteroatoms. The summed E-state index contributed by atoms with van der Waals surface area (Å²) in [7, 11) is 0. The van der Waals surface area contributed by atoms with Crippen LogP contribution >= 0.6 is 11.8 Å². The normalized spacial score (nSPS) is 24.7. The second-order valence-corrected chi connectivity index (χ2v) is 7.52. The van der Waals surface area contributed by atoms with Crippen molar-refractivity contribution in [3.63, 3.8) is 0 Å². The van der Waals surface area contributed by atoms with Gasteiger partial charge in [-0.05, 0) is 50.2 Å². The topological polar surface area (TPSA) is 49.3 Å². The Morgan fingerprint density at radius 1 is 1.39 bits per heavy atom. The van der Waals surface area contributed by atoms with E-state index in [1.807, 2.05) is 30.9 Å². The fourth-order valence-corrected chi connectivity index (χ4v) is 4.21. The molecule has 0 saturated carbocycles. The minimum absolute atomic E-state index is 0.354. The quantitative estimate of drug-likeness (QED) is 0.774. The number of carbonyl (C=O) groups excluding carboxylic acids is 1. The van der Waals surface area contributed by atoms with Crippen molar-refractivity contribution < 1.29 is 4.79 Å². The molecule has 0 spiro atoms. The summed E-state index contributed by atoms with van der Waals surface area (Å²) in [5, 5.41) is 0. The molecule has 1 amide bonds. The number of nitrogens with zero attached hydrogens (tertiary/aromatic N) is 4. The van der Waals surface area contributed by atoms with Gasteiger partial charge in [0.15, 0.2) is 0 Å². The zero-order chi connectivity index (χ0) is 16.2. The molecule has 1 aromatic rings. The molecule has 23 heavy (non-hydrogen) atoms. The predicted molar refractivity (Wildman–Crippen MR) is 94.8 cm³/mol. The highest BCUT2D eigenvalue weighted by molar-refractivity contribution is 7.98. The van der Waals surface area contributed by atoms with E-state index in [4.69, 9.17) is 0 Å². The molecule has 0 unspecified atom stereocenters. The molecule has 2 atom stereocenters. The molecular weight excluding hydrogens is 308 g/mol. The van der Waals surface area contributed by atoms with Gasteiger partial charge in [0.2, 0.25) is 11.9 Å². The van der Waals surface area contributed by atoms with Crippen molar-refractivity contribution in [1.82, 2.24) is 14.9 Å². The van der Waals surface area contributed by atoms with Crippen molar-refractivity contribution in [2.45, 2.75) is 38.6 Å². The van der Waals surface area contributed by atoms with E-state index >= 15 is 0 Å². The predicted octanol–water partition coefficient (Wildman–Crippen LogP) is 2.36. The summed E-state index contributed by atoms with van der Waals surface area (Å²) in [5.41, 5.74) is 1.01. The highest BCUT2D eigenvalue weighted by Gasteiger charge is 2.39. The average Bonchev–Trinajstić information content (AvgIpc) is 2.56. The molecule has 0 radical (unpaired) electrons. The maximum Gasteiger partial charge on any atom is 0.225 e. The third-order valence-electron chi connectivity index (χ3n) is 4.96. The zero-order valence-electron chi connectivity index (χ0n) is 14.1. The lowest BCUT2D eigenvalue weighted by Gasteiger charge is -2.47. The Balaban J connectivity index is 1.66. The fraction of sp³-hybridized carbons (Fsp3) is 0.706. The van der Waals surface area contributed by atoms with Gasteiger partial charge in [0.25, 0.3) is 0 Å². The molecule has 126 valence electrons. The van der Waals surface area contributed by atoms with Gasteiger partial charge < -0.3 is 9.80 Å². The Labute approximate surface area is 142 Å². The molecule has 5 nitrogen and oxygen atoms in total. The minimum Gasteiger partial charge on any atom is -0.340 e. The molecule has 2 aliphatic rings. The third kappa shape index (κ3) is 3.79. The molecule has 2 aliphatic heterocycles. The van der Waals surface area contributed by atoms with Crippen molar-refractivity contribution in [2.24, 2.45) is 5.92 Å². The van der Waals surface area contributed by atoms with Gasteiger partial charge >= 0.3 is 0 Å². The lowest BCUT2D eigenvalue weighted by atomic mass is 9.83. The maximum absolute atomic E-state index is 12.3. The van der Waals surface area contributed by atoms with E-state index in [1.54, 1.807) is 0 Å². The van der Waals surface area contributed by atoms with Crippen molar-refractivity contribution >= 4 is 23.6 Å². The van der Waals surface area contributed by atoms with Crippen LogP contribution in [0.15, 0.2) is 12.3 Å². The summed E-state index contributed by atoms with van der Waals surface area (Å²) < 4.78 is 0. The Bertz CT molecular complexity index is 553. The van der Waals surface area contributed by atoms with Crippen molar-refractivity contribution in [2.75, 3.05) is 36.5 Å². The number of aromatic nitrogens is 2. The number of fused-ring (bicyclic) bond motifs is 1. The van der Waals surface area contributed by atoms with Crippen LogP contribution in [0.25, 0.3) is 0 Å². The molecule has 3 heterocycles. The highest BCUT2D eigenvalue weighted by Crippen LogP contribution is 2.32. The molecule has 2 saturated heterocycles. The van der Waals surface area contributed by atoms with Crippen LogP contribution in [0.2, 0.25) is 0 Å². The van der Waals surface area contributed by atoms with Gasteiger partial charge in [0, 0.05) is 44.0 Å². The van der Waals surface area contributed by atoms with E-state index in [2.05, 4.69) is 26.0 Å². The first-order valence-corrected chi connectivity index (χ1v) is 9.91. The van der Waals surface area contributed by atoms with Gasteiger partial charge in [-0.2, -0.15) is 11.8 Å². The van der Waals surface area contributed by atoms with Crippen LogP contribution in [0, 0.1) is 12.8 Å². The van der Waals surface area contributed by atoms with E-state index in [9.17, 15) is 4.79 Å². The Morgan fingerprint density at radius 2 is 2.26 bits per heavy atom. The number of piperidine rings is 2. The summed E-state index contributed by atoms with van der Waals surface area (Å²) in [6.45, 7) is 4.84. The summed E-state index contributed by atoms with van der Waals surface area (Å²) in [6.07, 6.45) is 7.80. The van der Waals surface area contributed by atoms with E-state index in [0.717, 1.165) is 56.3 Å². The van der Waals surface area contributed by atoms with Gasteiger partial charge in [0.05, 0.1) is 0 Å². The van der Waals surface area contributed by atoms with Crippen LogP contribution in [0.3, 0.4) is 0 Å². The largest absolute Gasteiger partial charge is 0.340 e. The first kappa shape index (κ1) is 16.6. The van der Waals surface area contributed by atoms with Crippen molar-refractivity contribution in [3.05, 3.63) is 18.0 Å². The summed E-state index contributed by atoms with van der Waals surface area (Å²) >= 11 is 1.86. The SMILES string of the molecule is CSCCCN1C(=O)CC[C@H]2CN(c3nccc(C)n3)CC[C@H]21. The first-order valence-electron chi connectivity index (χ1n) is 8.52. The van der Waals surface area contributed by atoms with E-state index < -0.39 is 0 Å². The molecule has 0 bridgehead atoms. The van der Waals surface area contributed by atoms with E-state index in [0.29, 0.717) is 24.3 Å². The van der Waals surface area contributed by atoms with Crippen LogP contribution in [0.5, 0.6) is 0 Å². The Kier molecular flexibility index (Phi) is 5.41. The number of carbonyl (C=O) groups is 1. The summed E-state index contributed by atoms with van der Waals surface area (Å²) in [5.74, 6) is 2.88. The zero-order valence-corrected chi connectivity index (χ0v) is 14.9. The number of hydrogen-bond acceptors (Lipinski definition) is 5. The molecule has 0 N–H and O–H groups in total. The smallest absolute Gasteiger partial charge is 0.225 e. The van der Waals surface area contributed by atoms with Crippen LogP contribution in [-0.2, 0) is 4.79 Å². The third-order valence-corrected chi connectivity index (χ3v) is 5.65. The number of amides is 1. The average molecular weight is 334 g/mol. The molecule has 0 aliphatic carbocycles. The second-order valence-electron chi connectivity index (χ2n) is 6.53. The molecule has 3 rings (SSSR count). The first-order chi connectivity index (χ1) is 11.2. The Morgan fingerprint density at radius 3 is 3.04 bits per heavy atom. The van der Waals surface area contributed by atoms with Crippen LogP contribution in [-0.4, -0.2) is 58.5 Å². The second kappa shape index (κ2) is 7.51. The van der Waals surface area contributed by atoms with Gasteiger partial charge in [-0.15, -0.1) is 0 Å². The van der Waals surface area contributed by atoms with Gasteiger partial charge in [-0.25, -0.2) is 9.97 Å². The number of anilines is 1. The van der Waals surface area contributed by atoms with Crippen molar-refractivity contribution in [3.8, 4) is 0 Å². The number of likely N-dealkylation sites (tertiary alicyclic amines) is 1. The number of aryl methyl sites for hydroxylation is 1. The van der Waals surface area contributed by atoms with Crippen LogP contribution in [0.1, 0.15) is 31.4 Å². The van der Waals surface area contributed by atoms with E-state index in [1.165, 1.54) is 0 Å². The lowest BCUT2D eigenvalue weighted by Crippen LogP contribution is -2.56. The molecule has 1 aromatic heterocycles.